The maximum Gasteiger partial charge on any atom is 0.185 e. The molecule has 0 aromatic carbocycles. The highest BCUT2D eigenvalue weighted by Gasteiger charge is 2.29. The van der Waals surface area contributed by atoms with E-state index in [1.807, 2.05) is 6.92 Å². The van der Waals surface area contributed by atoms with Gasteiger partial charge < -0.3 is 5.11 Å². The van der Waals surface area contributed by atoms with E-state index < -0.39 is 5.60 Å². The summed E-state index contributed by atoms with van der Waals surface area (Å²) < 4.78 is 12.7. The summed E-state index contributed by atoms with van der Waals surface area (Å²) in [4.78, 5) is 24.7. The maximum absolute atomic E-state index is 12.7. The molecule has 0 saturated carbocycles. The van der Waals surface area contributed by atoms with Gasteiger partial charge in [0.15, 0.2) is 11.6 Å². The summed E-state index contributed by atoms with van der Waals surface area (Å²) >= 11 is 0. The van der Waals surface area contributed by atoms with Gasteiger partial charge in [0.1, 0.15) is 0 Å². The summed E-state index contributed by atoms with van der Waals surface area (Å²) in [5.41, 5.74) is 2.33. The lowest BCUT2D eigenvalue weighted by Gasteiger charge is -2.25. The highest BCUT2D eigenvalue weighted by molar-refractivity contribution is 6.24. The van der Waals surface area contributed by atoms with Crippen molar-refractivity contribution in [3.63, 3.8) is 0 Å². The van der Waals surface area contributed by atoms with E-state index in [1.54, 1.807) is 33.8 Å². The molecule has 0 fully saturated rings. The second-order valence-electron chi connectivity index (χ2n) is 7.93. The lowest BCUT2D eigenvalue weighted by molar-refractivity contribution is -0.116. The Hall–Kier alpha value is -1.81. The van der Waals surface area contributed by atoms with Gasteiger partial charge in [-0.25, -0.2) is 4.39 Å². The van der Waals surface area contributed by atoms with Crippen LogP contribution in [0.2, 0.25) is 0 Å². The summed E-state index contributed by atoms with van der Waals surface area (Å²) in [6.45, 7) is 10.3. The maximum atomic E-state index is 12.7. The van der Waals surface area contributed by atoms with Crippen molar-refractivity contribution in [2.75, 3.05) is 0 Å². The summed E-state index contributed by atoms with van der Waals surface area (Å²) in [5, 5.41) is 10.6. The van der Waals surface area contributed by atoms with Crippen LogP contribution in [0, 0.1) is 0 Å². The van der Waals surface area contributed by atoms with E-state index in [4.69, 9.17) is 0 Å². The number of hydrogen-bond acceptors (Lipinski definition) is 3. The van der Waals surface area contributed by atoms with Gasteiger partial charge >= 0.3 is 0 Å². The minimum Gasteiger partial charge on any atom is -0.390 e. The zero-order valence-corrected chi connectivity index (χ0v) is 17.5. The van der Waals surface area contributed by atoms with Crippen molar-refractivity contribution in [2.24, 2.45) is 0 Å². The number of carbonyl (C=O) groups is 2. The van der Waals surface area contributed by atoms with Crippen molar-refractivity contribution in [1.82, 2.24) is 0 Å². The molecule has 0 bridgehead atoms. The van der Waals surface area contributed by atoms with Crippen LogP contribution in [0.4, 0.5) is 4.39 Å². The molecule has 0 unspecified atom stereocenters. The Bertz CT molecular complexity index is 714. The first kappa shape index (κ1) is 23.2. The number of hydrogen-bond donors (Lipinski definition) is 1. The first-order valence-corrected chi connectivity index (χ1v) is 9.63. The van der Waals surface area contributed by atoms with Gasteiger partial charge in [0.05, 0.1) is 11.4 Å². The number of carbonyl (C=O) groups excluding carboxylic acids is 2. The average Bonchev–Trinajstić information content (AvgIpc) is 2.57. The van der Waals surface area contributed by atoms with Crippen LogP contribution < -0.4 is 0 Å². The minimum absolute atomic E-state index is 0.0714. The van der Waals surface area contributed by atoms with Crippen LogP contribution in [0.25, 0.3) is 0 Å². The van der Waals surface area contributed by atoms with Crippen molar-refractivity contribution >= 4 is 11.6 Å². The molecule has 3 nitrogen and oxygen atoms in total. The average molecular weight is 377 g/mol. The van der Waals surface area contributed by atoms with Crippen LogP contribution in [-0.4, -0.2) is 22.3 Å². The van der Waals surface area contributed by atoms with Crippen molar-refractivity contribution in [2.45, 2.75) is 85.7 Å². The fraction of sp³-hybridized carbons (Fsp3) is 0.565. The molecule has 0 radical (unpaired) electrons. The lowest BCUT2D eigenvalue weighted by Crippen LogP contribution is -2.26. The van der Waals surface area contributed by atoms with Crippen molar-refractivity contribution in [1.29, 1.82) is 0 Å². The Kier molecular flexibility index (Phi) is 8.55. The standard InChI is InChI=1S/C23H33FO3/c1-15(9-7-11-16(2)24)10-8-13-23(6,27)14-12-20-19(5)21(25)17(3)18(4)22(20)26/h10-11,27H,7-9,12-14H2,1-6H3/b15-10+,16-11-/t23-/m0/s1. The molecule has 27 heavy (non-hydrogen) atoms. The van der Waals surface area contributed by atoms with E-state index in [0.717, 1.165) is 12.8 Å². The Morgan fingerprint density at radius 2 is 1.56 bits per heavy atom. The topological polar surface area (TPSA) is 54.4 Å². The molecule has 0 saturated heterocycles. The number of aliphatic hydroxyl groups is 1. The lowest BCUT2D eigenvalue weighted by atomic mass is 9.82. The highest BCUT2D eigenvalue weighted by atomic mass is 19.1. The number of allylic oxidation sites excluding steroid dienone is 8. The van der Waals surface area contributed by atoms with Gasteiger partial charge in [0.2, 0.25) is 0 Å². The Balaban J connectivity index is 2.60. The highest BCUT2D eigenvalue weighted by Crippen LogP contribution is 2.30. The van der Waals surface area contributed by atoms with E-state index in [9.17, 15) is 19.1 Å². The van der Waals surface area contributed by atoms with Crippen LogP contribution in [-0.2, 0) is 9.59 Å². The fourth-order valence-corrected chi connectivity index (χ4v) is 3.21. The summed E-state index contributed by atoms with van der Waals surface area (Å²) in [6.07, 6.45) is 7.26. The van der Waals surface area contributed by atoms with Gasteiger partial charge in [-0.15, -0.1) is 0 Å². The molecule has 1 atom stereocenters. The second kappa shape index (κ2) is 9.93. The van der Waals surface area contributed by atoms with Gasteiger partial charge in [-0.3, -0.25) is 9.59 Å². The number of Topliss-reactive ketones (excluding diaryl/α,β-unsaturated/α-hetero) is 2. The molecule has 0 aromatic rings. The molecule has 1 N–H and O–H groups in total. The fourth-order valence-electron chi connectivity index (χ4n) is 3.21. The Morgan fingerprint density at radius 1 is 0.963 bits per heavy atom. The molecular formula is C23H33FO3. The van der Waals surface area contributed by atoms with Crippen LogP contribution >= 0.6 is 0 Å². The summed E-state index contributed by atoms with van der Waals surface area (Å²) in [6, 6.07) is 0. The van der Waals surface area contributed by atoms with Gasteiger partial charge in [-0.05, 0) is 80.1 Å². The van der Waals surface area contributed by atoms with Gasteiger partial charge in [-0.2, -0.15) is 0 Å². The van der Waals surface area contributed by atoms with E-state index >= 15 is 0 Å². The quantitative estimate of drug-likeness (QED) is 0.415. The van der Waals surface area contributed by atoms with Crippen LogP contribution in [0.15, 0.2) is 45.8 Å². The Morgan fingerprint density at radius 3 is 2.15 bits per heavy atom. The van der Waals surface area contributed by atoms with Crippen molar-refractivity contribution in [3.8, 4) is 0 Å². The molecule has 4 heteroatoms. The van der Waals surface area contributed by atoms with Gasteiger partial charge in [-0.1, -0.05) is 17.7 Å². The third-order valence-corrected chi connectivity index (χ3v) is 5.36. The van der Waals surface area contributed by atoms with E-state index in [2.05, 4.69) is 6.08 Å². The van der Waals surface area contributed by atoms with E-state index in [1.165, 1.54) is 12.5 Å². The zero-order valence-electron chi connectivity index (χ0n) is 17.5. The molecule has 0 aliphatic heterocycles. The molecular weight excluding hydrogens is 343 g/mol. The molecule has 0 spiro atoms. The zero-order chi connectivity index (χ0) is 20.8. The monoisotopic (exact) mass is 376 g/mol. The molecule has 150 valence electrons. The van der Waals surface area contributed by atoms with Crippen LogP contribution in [0.1, 0.15) is 80.1 Å². The molecule has 1 aliphatic carbocycles. The van der Waals surface area contributed by atoms with Gasteiger partial charge in [0, 0.05) is 22.3 Å². The molecule has 0 amide bonds. The normalized spacial score (nSPS) is 19.1. The second-order valence-corrected chi connectivity index (χ2v) is 7.93. The first-order chi connectivity index (χ1) is 12.5. The Labute approximate surface area is 162 Å². The largest absolute Gasteiger partial charge is 0.390 e. The number of rotatable bonds is 9. The van der Waals surface area contributed by atoms with Gasteiger partial charge in [0.25, 0.3) is 0 Å². The molecule has 1 aliphatic rings. The molecule has 1 rings (SSSR count). The van der Waals surface area contributed by atoms with Crippen molar-refractivity contribution < 1.29 is 19.1 Å². The third kappa shape index (κ3) is 7.02. The smallest absolute Gasteiger partial charge is 0.185 e. The molecule has 0 heterocycles. The third-order valence-electron chi connectivity index (χ3n) is 5.36. The predicted octanol–water partition coefficient (Wildman–Crippen LogP) is 5.70. The number of ketones is 2. The van der Waals surface area contributed by atoms with Crippen LogP contribution in [0.5, 0.6) is 0 Å². The summed E-state index contributed by atoms with van der Waals surface area (Å²) in [7, 11) is 0. The minimum atomic E-state index is -0.910. The predicted molar refractivity (Wildman–Crippen MR) is 108 cm³/mol. The summed E-state index contributed by atoms with van der Waals surface area (Å²) in [5.74, 6) is -0.309. The van der Waals surface area contributed by atoms with E-state index in [0.29, 0.717) is 48.0 Å². The van der Waals surface area contributed by atoms with Crippen LogP contribution in [0.3, 0.4) is 0 Å². The first-order valence-electron chi connectivity index (χ1n) is 9.63. The SMILES string of the molecule is CC1=C(C)C(=O)C(CC[C@@](C)(O)CC/C=C(\C)CC/C=C(/C)F)=C(C)C1=O. The number of halogens is 1. The van der Waals surface area contributed by atoms with E-state index in [-0.39, 0.29) is 17.4 Å². The van der Waals surface area contributed by atoms with Crippen molar-refractivity contribution in [3.05, 3.63) is 45.8 Å². The molecule has 0 aromatic heterocycles.